The molecule has 1 aliphatic heterocycles. The number of amides is 1. The monoisotopic (exact) mass is 527 g/mol. The van der Waals surface area contributed by atoms with Crippen LogP contribution < -0.4 is 0 Å². The van der Waals surface area contributed by atoms with Crippen molar-refractivity contribution >= 4 is 25.2 Å². The molecule has 0 spiro atoms. The van der Waals surface area contributed by atoms with Gasteiger partial charge >= 0.3 is 6.09 Å². The lowest BCUT2D eigenvalue weighted by Crippen LogP contribution is -2.53. The number of ether oxygens (including phenoxy) is 1. The summed E-state index contributed by atoms with van der Waals surface area (Å²) in [5, 5.41) is 18.1. The second-order valence-electron chi connectivity index (χ2n) is 13.6. The summed E-state index contributed by atoms with van der Waals surface area (Å²) in [5.41, 5.74) is 2.47. The predicted molar refractivity (Wildman–Crippen MR) is 153 cm³/mol. The van der Waals surface area contributed by atoms with Crippen LogP contribution in [0.25, 0.3) is 10.9 Å². The fourth-order valence-corrected chi connectivity index (χ4v) is 13.8. The molecule has 6 nitrogen and oxygen atoms in total. The number of aliphatic hydroxyl groups is 1. The number of carbonyl (C=O) groups is 1. The summed E-state index contributed by atoms with van der Waals surface area (Å²) >= 11 is 0. The van der Waals surface area contributed by atoms with Gasteiger partial charge in [-0.15, -0.1) is 0 Å². The third-order valence-electron chi connectivity index (χ3n) is 9.04. The van der Waals surface area contributed by atoms with Gasteiger partial charge < -0.3 is 9.84 Å². The normalized spacial score (nSPS) is 22.0. The number of likely N-dealkylation sites (tertiary alicyclic amines) is 1. The Labute approximate surface area is 224 Å². The molecule has 4 rings (SSSR count). The van der Waals surface area contributed by atoms with Gasteiger partial charge in [-0.3, -0.25) is 9.25 Å². The highest BCUT2D eigenvalue weighted by Gasteiger charge is 2.53. The third-order valence-corrected chi connectivity index (χ3v) is 15.7. The largest absolute Gasteiger partial charge is 0.444 e. The molecular weight excluding hydrogens is 478 g/mol. The number of hydrogen-bond donors (Lipinski definition) is 1. The van der Waals surface area contributed by atoms with E-state index in [0.29, 0.717) is 29.1 Å². The van der Waals surface area contributed by atoms with Crippen LogP contribution >= 0.6 is 0 Å². The average Bonchev–Trinajstić information content (AvgIpc) is 3.33. The van der Waals surface area contributed by atoms with Gasteiger partial charge in [0.2, 0.25) is 0 Å². The molecule has 2 atom stereocenters. The molecule has 0 radical (unpaired) electrons. The lowest BCUT2D eigenvalue weighted by molar-refractivity contribution is -0.0395. The molecule has 2 unspecified atom stereocenters. The molecule has 1 aromatic heterocycles. The molecule has 1 N–H and O–H groups in total. The van der Waals surface area contributed by atoms with Gasteiger partial charge in [-0.2, -0.15) is 5.10 Å². The van der Waals surface area contributed by atoms with Crippen molar-refractivity contribution in [3.05, 3.63) is 30.0 Å². The van der Waals surface area contributed by atoms with E-state index < -0.39 is 25.5 Å². The van der Waals surface area contributed by atoms with Crippen molar-refractivity contribution in [2.45, 2.75) is 128 Å². The van der Waals surface area contributed by atoms with Crippen molar-refractivity contribution in [2.24, 2.45) is 5.92 Å². The summed E-state index contributed by atoms with van der Waals surface area (Å²) in [6.07, 6.45) is 5.77. The molecule has 2 heterocycles. The minimum Gasteiger partial charge on any atom is -0.444 e. The Morgan fingerprint density at radius 3 is 2.30 bits per heavy atom. The van der Waals surface area contributed by atoms with E-state index in [0.717, 1.165) is 35.7 Å². The molecule has 1 saturated carbocycles. The maximum Gasteiger partial charge on any atom is 0.410 e. The highest BCUT2D eigenvalue weighted by molar-refractivity contribution is 6.82. The minimum absolute atomic E-state index is 0.305. The zero-order valence-corrected chi connectivity index (χ0v) is 25.5. The van der Waals surface area contributed by atoms with Gasteiger partial charge in [0, 0.05) is 11.9 Å². The third kappa shape index (κ3) is 4.98. The topological polar surface area (TPSA) is 67.6 Å². The van der Waals surface area contributed by atoms with Crippen molar-refractivity contribution in [3.8, 4) is 0 Å². The standard InChI is InChI=1S/C30H49N3O3Si/c1-20(2)37(21(3)4,22(5)6)33-26-14-13-24(17-25(26)19-31-33)27(34)30(18-23-11-12-23)15-10-16-32(30)28(35)36-29(7,8)9/h13-14,17,19-23,27,34H,10-12,15-16,18H2,1-9H3. The maximum atomic E-state index is 13.3. The van der Waals surface area contributed by atoms with Gasteiger partial charge in [0.15, 0.2) is 8.24 Å². The Bertz CT molecular complexity index is 1090. The second-order valence-corrected chi connectivity index (χ2v) is 19.3. The molecular formula is C30H49N3O3Si. The van der Waals surface area contributed by atoms with Crippen molar-refractivity contribution in [1.29, 1.82) is 0 Å². The average molecular weight is 528 g/mol. The summed E-state index contributed by atoms with van der Waals surface area (Å²) in [5.74, 6) is 0.568. The number of rotatable bonds is 8. The van der Waals surface area contributed by atoms with Crippen LogP contribution in [0.4, 0.5) is 4.79 Å². The molecule has 1 amide bonds. The van der Waals surface area contributed by atoms with E-state index in [1.54, 1.807) is 0 Å². The summed E-state index contributed by atoms with van der Waals surface area (Å²) in [7, 11) is -1.99. The molecule has 1 aromatic carbocycles. The van der Waals surface area contributed by atoms with E-state index in [2.05, 4.69) is 64.1 Å². The highest BCUT2D eigenvalue weighted by Crippen LogP contribution is 2.50. The van der Waals surface area contributed by atoms with Crippen LogP contribution in [0.15, 0.2) is 24.4 Å². The Hall–Kier alpha value is -1.86. The first-order chi connectivity index (χ1) is 17.2. The van der Waals surface area contributed by atoms with Gasteiger partial charge in [0.05, 0.1) is 17.3 Å². The zero-order valence-electron chi connectivity index (χ0n) is 24.5. The van der Waals surface area contributed by atoms with Crippen LogP contribution in [0.5, 0.6) is 0 Å². The van der Waals surface area contributed by atoms with Crippen molar-refractivity contribution in [2.75, 3.05) is 6.54 Å². The quantitative estimate of drug-likeness (QED) is 0.358. The molecule has 2 aromatic rings. The van der Waals surface area contributed by atoms with Crippen LogP contribution in [0.2, 0.25) is 16.6 Å². The molecule has 7 heteroatoms. The summed E-state index contributed by atoms with van der Waals surface area (Å²) < 4.78 is 8.19. The van der Waals surface area contributed by atoms with E-state index >= 15 is 0 Å². The Morgan fingerprint density at radius 1 is 1.14 bits per heavy atom. The molecule has 2 aliphatic rings. The number of fused-ring (bicyclic) bond motifs is 1. The van der Waals surface area contributed by atoms with Gasteiger partial charge in [-0.1, -0.05) is 60.5 Å². The van der Waals surface area contributed by atoms with Crippen LogP contribution in [-0.2, 0) is 4.74 Å². The summed E-state index contributed by atoms with van der Waals surface area (Å²) in [6, 6.07) is 6.35. The molecule has 37 heavy (non-hydrogen) atoms. The number of carbonyl (C=O) groups excluding carboxylic acids is 1. The first kappa shape index (κ1) is 28.2. The van der Waals surface area contributed by atoms with Crippen LogP contribution in [0.1, 0.15) is 106 Å². The fraction of sp³-hybridized carbons (Fsp3) is 0.733. The Kier molecular flexibility index (Phi) is 7.63. The van der Waals surface area contributed by atoms with E-state index in [1.807, 2.05) is 31.9 Å². The van der Waals surface area contributed by atoms with Gasteiger partial charge in [-0.05, 0) is 80.3 Å². The van der Waals surface area contributed by atoms with Crippen molar-refractivity contribution < 1.29 is 14.6 Å². The Balaban J connectivity index is 1.74. The predicted octanol–water partition coefficient (Wildman–Crippen LogP) is 7.66. The van der Waals surface area contributed by atoms with E-state index in [1.165, 1.54) is 12.8 Å². The van der Waals surface area contributed by atoms with Crippen molar-refractivity contribution in [1.82, 2.24) is 14.3 Å². The first-order valence-electron chi connectivity index (χ1n) is 14.4. The summed E-state index contributed by atoms with van der Waals surface area (Å²) in [4.78, 5) is 15.2. The number of nitrogens with zero attached hydrogens (tertiary/aromatic N) is 3. The minimum atomic E-state index is -1.99. The van der Waals surface area contributed by atoms with Gasteiger partial charge in [-0.25, -0.2) is 4.79 Å². The lowest BCUT2D eigenvalue weighted by atomic mass is 9.80. The molecule has 1 aliphatic carbocycles. The van der Waals surface area contributed by atoms with Gasteiger partial charge in [0.25, 0.3) is 0 Å². The van der Waals surface area contributed by atoms with Crippen LogP contribution in [0.3, 0.4) is 0 Å². The maximum absolute atomic E-state index is 13.3. The lowest BCUT2D eigenvalue weighted by Gasteiger charge is -2.43. The van der Waals surface area contributed by atoms with Crippen molar-refractivity contribution in [3.63, 3.8) is 0 Å². The summed E-state index contributed by atoms with van der Waals surface area (Å²) in [6.45, 7) is 20.5. The van der Waals surface area contributed by atoms with Crippen LogP contribution in [0, 0.1) is 5.92 Å². The fourth-order valence-electron chi connectivity index (χ4n) is 7.50. The number of aromatic nitrogens is 2. The number of aliphatic hydroxyl groups excluding tert-OH is 1. The molecule has 1 saturated heterocycles. The zero-order chi connectivity index (χ0) is 27.3. The van der Waals surface area contributed by atoms with Crippen LogP contribution in [-0.4, -0.2) is 51.5 Å². The van der Waals surface area contributed by atoms with E-state index in [-0.39, 0.29) is 6.09 Å². The second kappa shape index (κ2) is 10.0. The molecule has 206 valence electrons. The van der Waals surface area contributed by atoms with Gasteiger partial charge in [0.1, 0.15) is 11.7 Å². The SMILES string of the molecule is CC(C)[Si](C(C)C)(C(C)C)n1ncc2cc(C(O)C3(CC4CC4)CCCN3C(=O)OC(C)(C)C)ccc21. The van der Waals surface area contributed by atoms with E-state index in [4.69, 9.17) is 9.84 Å². The number of hydrogen-bond acceptors (Lipinski definition) is 4. The Morgan fingerprint density at radius 2 is 1.76 bits per heavy atom. The molecule has 0 bridgehead atoms. The first-order valence-corrected chi connectivity index (χ1v) is 16.6. The smallest absolute Gasteiger partial charge is 0.410 e. The highest BCUT2D eigenvalue weighted by atomic mass is 28.3. The number of benzene rings is 1. The van der Waals surface area contributed by atoms with E-state index in [9.17, 15) is 9.90 Å². The molecule has 2 fully saturated rings.